The molecule has 6 heteroatoms. The summed E-state index contributed by atoms with van der Waals surface area (Å²) in [6.45, 7) is 3.03. The highest BCUT2D eigenvalue weighted by molar-refractivity contribution is 5.98. The fraction of sp³-hybridized carbons (Fsp3) is 0.533. The summed E-state index contributed by atoms with van der Waals surface area (Å²) in [6.07, 6.45) is 1.08. The second kappa shape index (κ2) is 7.75. The van der Waals surface area contributed by atoms with Crippen LogP contribution in [0.3, 0.4) is 0 Å². The van der Waals surface area contributed by atoms with Gasteiger partial charge in [0, 0.05) is 26.0 Å². The van der Waals surface area contributed by atoms with Crippen molar-refractivity contribution >= 4 is 24.0 Å². The lowest BCUT2D eigenvalue weighted by molar-refractivity contribution is -0.124. The van der Waals surface area contributed by atoms with Gasteiger partial charge in [0.15, 0.2) is 0 Å². The topological polar surface area (TPSA) is 73.6 Å². The van der Waals surface area contributed by atoms with Crippen LogP contribution in [0.5, 0.6) is 0 Å². The molecule has 3 N–H and O–H groups in total. The van der Waals surface area contributed by atoms with Crippen LogP contribution in [0, 0.1) is 0 Å². The Morgan fingerprint density at radius 1 is 1.43 bits per heavy atom. The third-order valence-electron chi connectivity index (χ3n) is 3.80. The lowest BCUT2D eigenvalue weighted by Gasteiger charge is -2.31. The average molecular weight is 315 g/mol. The van der Waals surface area contributed by atoms with E-state index < -0.39 is 5.54 Å². The predicted molar refractivity (Wildman–Crippen MR) is 84.7 cm³/mol. The van der Waals surface area contributed by atoms with Crippen LogP contribution in [0.2, 0.25) is 0 Å². The third-order valence-corrected chi connectivity index (χ3v) is 3.80. The van der Waals surface area contributed by atoms with E-state index >= 15 is 0 Å². The fourth-order valence-electron chi connectivity index (χ4n) is 2.22. The van der Waals surface area contributed by atoms with Gasteiger partial charge in [0.1, 0.15) is 5.54 Å². The molecular formula is C15H23ClN2O3. The van der Waals surface area contributed by atoms with Crippen molar-refractivity contribution in [1.82, 2.24) is 0 Å². The number of benzene rings is 1. The summed E-state index contributed by atoms with van der Waals surface area (Å²) < 4.78 is 10.5. The summed E-state index contributed by atoms with van der Waals surface area (Å²) in [6, 6.07) is 7.63. The Labute approximate surface area is 131 Å². The van der Waals surface area contributed by atoms with Crippen LogP contribution in [0.25, 0.3) is 0 Å². The number of ether oxygens (including phenoxy) is 2. The SMILES string of the molecule is COC(C)c1cccc(NC(=O)C2(N)CCOCC2)c1.Cl. The molecule has 1 aliphatic rings. The van der Waals surface area contributed by atoms with Crippen LogP contribution in [0.4, 0.5) is 5.69 Å². The predicted octanol–water partition coefficient (Wildman–Crippen LogP) is 2.26. The summed E-state index contributed by atoms with van der Waals surface area (Å²) in [5, 5.41) is 2.90. The van der Waals surface area contributed by atoms with E-state index in [1.54, 1.807) is 7.11 Å². The molecule has 1 heterocycles. The molecule has 1 fully saturated rings. The molecule has 2 rings (SSSR count). The molecule has 0 radical (unpaired) electrons. The highest BCUT2D eigenvalue weighted by Gasteiger charge is 2.35. The van der Waals surface area contributed by atoms with Crippen molar-refractivity contribution in [2.45, 2.75) is 31.4 Å². The molecule has 5 nitrogen and oxygen atoms in total. The molecule has 0 aliphatic carbocycles. The smallest absolute Gasteiger partial charge is 0.244 e. The lowest BCUT2D eigenvalue weighted by atomic mass is 9.90. The number of carbonyl (C=O) groups excluding carboxylic acids is 1. The molecule has 21 heavy (non-hydrogen) atoms. The van der Waals surface area contributed by atoms with E-state index in [1.807, 2.05) is 31.2 Å². The quantitative estimate of drug-likeness (QED) is 0.894. The first-order valence-corrected chi connectivity index (χ1v) is 6.86. The Balaban J connectivity index is 0.00000220. The van der Waals surface area contributed by atoms with E-state index in [0.29, 0.717) is 26.1 Å². The number of halogens is 1. The highest BCUT2D eigenvalue weighted by Crippen LogP contribution is 2.23. The largest absolute Gasteiger partial charge is 0.381 e. The summed E-state index contributed by atoms with van der Waals surface area (Å²) >= 11 is 0. The maximum atomic E-state index is 12.3. The molecule has 118 valence electrons. The second-order valence-electron chi connectivity index (χ2n) is 5.23. The molecule has 0 aromatic heterocycles. The first-order chi connectivity index (χ1) is 9.55. The average Bonchev–Trinajstić information content (AvgIpc) is 2.47. The summed E-state index contributed by atoms with van der Waals surface area (Å²) in [7, 11) is 1.66. The van der Waals surface area contributed by atoms with Gasteiger partial charge in [0.25, 0.3) is 0 Å². The molecule has 1 aromatic carbocycles. The summed E-state index contributed by atoms with van der Waals surface area (Å²) in [5.74, 6) is -0.150. The van der Waals surface area contributed by atoms with Crippen LogP contribution in [0.15, 0.2) is 24.3 Å². The van der Waals surface area contributed by atoms with Gasteiger partial charge >= 0.3 is 0 Å². The molecule has 1 saturated heterocycles. The zero-order valence-electron chi connectivity index (χ0n) is 12.4. The standard InChI is InChI=1S/C15H22N2O3.ClH/c1-11(19-2)12-4-3-5-13(10-12)17-14(18)15(16)6-8-20-9-7-15;/h3-5,10-11H,6-9,16H2,1-2H3,(H,17,18);1H. The van der Waals surface area contributed by atoms with Gasteiger partial charge in [-0.05, 0) is 37.5 Å². The number of nitrogens with two attached hydrogens (primary N) is 1. The van der Waals surface area contributed by atoms with Crippen LogP contribution >= 0.6 is 12.4 Å². The Hall–Kier alpha value is -1.14. The number of methoxy groups -OCH3 is 1. The minimum atomic E-state index is -0.832. The van der Waals surface area contributed by atoms with E-state index in [2.05, 4.69) is 5.32 Å². The monoisotopic (exact) mass is 314 g/mol. The first-order valence-electron chi connectivity index (χ1n) is 6.86. The Kier molecular flexibility index (Phi) is 6.61. The normalized spacial score (nSPS) is 18.4. The number of rotatable bonds is 4. The molecule has 1 unspecified atom stereocenters. The van der Waals surface area contributed by atoms with Crippen molar-refractivity contribution < 1.29 is 14.3 Å². The van der Waals surface area contributed by atoms with Crippen LogP contribution in [-0.4, -0.2) is 31.8 Å². The molecular weight excluding hydrogens is 292 g/mol. The van der Waals surface area contributed by atoms with E-state index in [1.165, 1.54) is 0 Å². The van der Waals surface area contributed by atoms with Crippen LogP contribution in [-0.2, 0) is 14.3 Å². The van der Waals surface area contributed by atoms with Gasteiger partial charge in [-0.25, -0.2) is 0 Å². The van der Waals surface area contributed by atoms with Gasteiger partial charge in [0.05, 0.1) is 6.10 Å². The molecule has 1 amide bonds. The lowest BCUT2D eigenvalue weighted by Crippen LogP contribution is -2.54. The zero-order chi connectivity index (χ0) is 14.6. The van der Waals surface area contributed by atoms with Gasteiger partial charge in [-0.15, -0.1) is 12.4 Å². The molecule has 0 bridgehead atoms. The summed E-state index contributed by atoms with van der Waals surface area (Å²) in [4.78, 5) is 12.3. The molecule has 1 atom stereocenters. The fourth-order valence-corrected chi connectivity index (χ4v) is 2.22. The van der Waals surface area contributed by atoms with Gasteiger partial charge in [-0.1, -0.05) is 12.1 Å². The maximum absolute atomic E-state index is 12.3. The van der Waals surface area contributed by atoms with E-state index in [-0.39, 0.29) is 24.4 Å². The Morgan fingerprint density at radius 3 is 2.71 bits per heavy atom. The number of anilines is 1. The van der Waals surface area contributed by atoms with Crippen LogP contribution < -0.4 is 11.1 Å². The van der Waals surface area contributed by atoms with Gasteiger partial charge < -0.3 is 20.5 Å². The van der Waals surface area contributed by atoms with Crippen molar-refractivity contribution in [1.29, 1.82) is 0 Å². The first kappa shape index (κ1) is 17.9. The minimum Gasteiger partial charge on any atom is -0.381 e. The highest BCUT2D eigenvalue weighted by atomic mass is 35.5. The van der Waals surface area contributed by atoms with E-state index in [9.17, 15) is 4.79 Å². The van der Waals surface area contributed by atoms with E-state index in [0.717, 1.165) is 11.3 Å². The van der Waals surface area contributed by atoms with Gasteiger partial charge in [-0.2, -0.15) is 0 Å². The molecule has 0 saturated carbocycles. The Bertz CT molecular complexity index is 476. The van der Waals surface area contributed by atoms with Crippen molar-refractivity contribution in [2.24, 2.45) is 5.73 Å². The van der Waals surface area contributed by atoms with Crippen molar-refractivity contribution in [3.8, 4) is 0 Å². The summed E-state index contributed by atoms with van der Waals surface area (Å²) in [5.41, 5.74) is 7.09. The molecule has 1 aliphatic heterocycles. The Morgan fingerprint density at radius 2 is 2.10 bits per heavy atom. The number of amides is 1. The van der Waals surface area contributed by atoms with Gasteiger partial charge in [-0.3, -0.25) is 4.79 Å². The molecule has 0 spiro atoms. The van der Waals surface area contributed by atoms with E-state index in [4.69, 9.17) is 15.2 Å². The minimum absolute atomic E-state index is 0. The van der Waals surface area contributed by atoms with Crippen molar-refractivity contribution in [2.75, 3.05) is 25.6 Å². The number of hydrogen-bond acceptors (Lipinski definition) is 4. The maximum Gasteiger partial charge on any atom is 0.244 e. The van der Waals surface area contributed by atoms with Crippen molar-refractivity contribution in [3.63, 3.8) is 0 Å². The van der Waals surface area contributed by atoms with Gasteiger partial charge in [0.2, 0.25) is 5.91 Å². The third kappa shape index (κ3) is 4.41. The van der Waals surface area contributed by atoms with Crippen LogP contribution in [0.1, 0.15) is 31.4 Å². The number of nitrogens with one attached hydrogen (secondary N) is 1. The number of carbonyl (C=O) groups is 1. The molecule has 1 aromatic rings. The van der Waals surface area contributed by atoms with Crippen molar-refractivity contribution in [3.05, 3.63) is 29.8 Å². The number of hydrogen-bond donors (Lipinski definition) is 2. The zero-order valence-corrected chi connectivity index (χ0v) is 13.2. The second-order valence-corrected chi connectivity index (χ2v) is 5.23.